The second kappa shape index (κ2) is 15.3. The van der Waals surface area contributed by atoms with Crippen molar-refractivity contribution in [2.24, 2.45) is 4.99 Å². The highest BCUT2D eigenvalue weighted by Crippen LogP contribution is 2.36. The molecular formula is C38H30BrCl2IN2O4S. The third-order valence-corrected chi connectivity index (χ3v) is 10.8. The Labute approximate surface area is 320 Å². The van der Waals surface area contributed by atoms with Gasteiger partial charge in [0.15, 0.2) is 4.80 Å². The summed E-state index contributed by atoms with van der Waals surface area (Å²) in [5.41, 5.74) is 4.67. The van der Waals surface area contributed by atoms with Crippen molar-refractivity contribution in [3.63, 3.8) is 0 Å². The number of carbonyl (C=O) groups excluding carboxylic acids is 1. The van der Waals surface area contributed by atoms with Crippen molar-refractivity contribution in [1.29, 1.82) is 0 Å². The van der Waals surface area contributed by atoms with Crippen LogP contribution in [-0.2, 0) is 16.1 Å². The molecular weight excluding hydrogens is 858 g/mol. The Kier molecular flexibility index (Phi) is 11.2. The average molecular weight is 888 g/mol. The third kappa shape index (κ3) is 7.61. The molecule has 1 aliphatic rings. The third-order valence-electron chi connectivity index (χ3n) is 8.00. The van der Waals surface area contributed by atoms with Crippen LogP contribution in [0.25, 0.3) is 11.8 Å². The van der Waals surface area contributed by atoms with E-state index in [2.05, 4.69) is 52.4 Å². The summed E-state index contributed by atoms with van der Waals surface area (Å²) < 4.78 is 15.6. The molecule has 250 valence electrons. The number of hydrogen-bond acceptors (Lipinski definition) is 6. The Morgan fingerprint density at radius 1 is 1.06 bits per heavy atom. The smallest absolute Gasteiger partial charge is 0.338 e. The van der Waals surface area contributed by atoms with Gasteiger partial charge >= 0.3 is 5.97 Å². The summed E-state index contributed by atoms with van der Waals surface area (Å²) in [4.78, 5) is 33.8. The molecule has 4 aromatic carbocycles. The lowest BCUT2D eigenvalue weighted by atomic mass is 9.91. The van der Waals surface area contributed by atoms with Gasteiger partial charge in [-0.25, -0.2) is 9.79 Å². The second-order valence-electron chi connectivity index (χ2n) is 11.6. The van der Waals surface area contributed by atoms with Crippen molar-refractivity contribution in [2.75, 3.05) is 6.61 Å². The molecule has 0 amide bonds. The van der Waals surface area contributed by atoms with Gasteiger partial charge in [0.2, 0.25) is 0 Å². The molecule has 0 radical (unpaired) electrons. The molecule has 0 N–H and O–H groups in total. The highest BCUT2D eigenvalue weighted by Gasteiger charge is 2.35. The van der Waals surface area contributed by atoms with Crippen LogP contribution >= 0.6 is 73.1 Å². The minimum atomic E-state index is -0.765. The topological polar surface area (TPSA) is 69.9 Å². The van der Waals surface area contributed by atoms with Crippen LogP contribution in [0.4, 0.5) is 0 Å². The van der Waals surface area contributed by atoms with Crippen LogP contribution < -0.4 is 19.6 Å². The van der Waals surface area contributed by atoms with Crippen LogP contribution in [0.5, 0.6) is 5.75 Å². The number of aromatic nitrogens is 1. The summed E-state index contributed by atoms with van der Waals surface area (Å²) in [7, 11) is 0. The summed E-state index contributed by atoms with van der Waals surface area (Å²) >= 11 is 19.6. The maximum Gasteiger partial charge on any atom is 0.338 e. The summed E-state index contributed by atoms with van der Waals surface area (Å²) in [6.07, 6.45) is 1.81. The van der Waals surface area contributed by atoms with Crippen LogP contribution in [0.2, 0.25) is 10.0 Å². The lowest BCUT2D eigenvalue weighted by Gasteiger charge is -2.26. The van der Waals surface area contributed by atoms with Crippen LogP contribution in [0.1, 0.15) is 60.5 Å². The molecule has 0 fully saturated rings. The molecule has 0 bridgehead atoms. The van der Waals surface area contributed by atoms with E-state index in [0.29, 0.717) is 47.9 Å². The number of esters is 1. The van der Waals surface area contributed by atoms with E-state index in [1.807, 2.05) is 78.9 Å². The Bertz CT molecular complexity index is 2270. The van der Waals surface area contributed by atoms with Crippen LogP contribution in [0.3, 0.4) is 0 Å². The number of benzene rings is 4. The maximum absolute atomic E-state index is 14.5. The number of nitrogens with zero attached hydrogens (tertiary/aromatic N) is 2. The van der Waals surface area contributed by atoms with E-state index in [4.69, 9.17) is 37.7 Å². The molecule has 2 heterocycles. The first-order valence-corrected chi connectivity index (χ1v) is 18.9. The van der Waals surface area contributed by atoms with Gasteiger partial charge in [0.05, 0.1) is 32.0 Å². The van der Waals surface area contributed by atoms with E-state index in [0.717, 1.165) is 30.3 Å². The summed E-state index contributed by atoms with van der Waals surface area (Å²) in [6, 6.07) is 25.9. The Morgan fingerprint density at radius 3 is 2.47 bits per heavy atom. The second-order valence-corrected chi connectivity index (χ2v) is 15.5. The number of hydrogen-bond donors (Lipinski definition) is 0. The summed E-state index contributed by atoms with van der Waals surface area (Å²) in [5.74, 6) is 0.394. The standard InChI is InChI=1S/C38H30BrCl2IN2O4S/c1-4-47-37(46)32-33(23-8-6-5-7-9-23)43-38-44(34(32)24-12-10-22(11-13-24)21(2)3)36(45)31(49-38)17-26-16-27(39)18-30(42)35(26)48-20-25-14-15-28(40)19-29(25)41/h5-19,21,34H,4,20H2,1-3H3/b31-17-/t34-/m0/s1. The number of fused-ring (bicyclic) bond motifs is 1. The van der Waals surface area contributed by atoms with Gasteiger partial charge in [-0.1, -0.05) is 125 Å². The zero-order valence-corrected chi connectivity index (χ0v) is 32.7. The molecule has 1 aromatic heterocycles. The fraction of sp³-hybridized carbons (Fsp3) is 0.184. The Morgan fingerprint density at radius 2 is 1.80 bits per heavy atom. The molecule has 0 unspecified atom stereocenters. The van der Waals surface area contributed by atoms with Gasteiger partial charge in [-0.05, 0) is 76.9 Å². The van der Waals surface area contributed by atoms with E-state index < -0.39 is 12.0 Å². The van der Waals surface area contributed by atoms with Gasteiger partial charge in [-0.15, -0.1) is 0 Å². The highest BCUT2D eigenvalue weighted by atomic mass is 127. The summed E-state index contributed by atoms with van der Waals surface area (Å²) in [5, 5.41) is 1.04. The number of thiazole rings is 1. The molecule has 1 aliphatic heterocycles. The van der Waals surface area contributed by atoms with Crippen LogP contribution in [-0.4, -0.2) is 17.1 Å². The number of halogens is 4. The molecule has 11 heteroatoms. The van der Waals surface area contributed by atoms with Crippen molar-refractivity contribution >= 4 is 90.8 Å². The van der Waals surface area contributed by atoms with Crippen molar-refractivity contribution in [3.05, 3.63) is 156 Å². The minimum absolute atomic E-state index is 0.180. The van der Waals surface area contributed by atoms with Gasteiger partial charge in [0, 0.05) is 31.2 Å². The van der Waals surface area contributed by atoms with E-state index in [1.165, 1.54) is 11.3 Å². The van der Waals surface area contributed by atoms with Crippen molar-refractivity contribution < 1.29 is 14.3 Å². The molecule has 49 heavy (non-hydrogen) atoms. The van der Waals surface area contributed by atoms with E-state index in [9.17, 15) is 9.59 Å². The van der Waals surface area contributed by atoms with Crippen LogP contribution in [0, 0.1) is 3.57 Å². The fourth-order valence-electron chi connectivity index (χ4n) is 5.59. The SMILES string of the molecule is CCOC(=O)C1=C(c2ccccc2)N=c2s/c(=C\c3cc(Br)cc(I)c3OCc3ccc(Cl)cc3Cl)c(=O)n2[C@H]1c1ccc(C(C)C)cc1. The predicted molar refractivity (Wildman–Crippen MR) is 209 cm³/mol. The first kappa shape index (κ1) is 35.6. The largest absolute Gasteiger partial charge is 0.487 e. The zero-order chi connectivity index (χ0) is 34.8. The Balaban J connectivity index is 1.55. The molecule has 0 saturated heterocycles. The Hall–Kier alpha value is -3.22. The molecule has 0 aliphatic carbocycles. The van der Waals surface area contributed by atoms with Crippen molar-refractivity contribution in [2.45, 2.75) is 39.3 Å². The van der Waals surface area contributed by atoms with Crippen molar-refractivity contribution in [1.82, 2.24) is 4.57 Å². The molecule has 5 aromatic rings. The number of rotatable bonds is 9. The first-order valence-electron chi connectivity index (χ1n) is 15.5. The summed E-state index contributed by atoms with van der Waals surface area (Å²) in [6.45, 7) is 6.40. The van der Waals surface area contributed by atoms with E-state index >= 15 is 0 Å². The van der Waals surface area contributed by atoms with E-state index in [-0.39, 0.29) is 18.8 Å². The molecule has 0 spiro atoms. The molecule has 6 rings (SSSR count). The predicted octanol–water partition coefficient (Wildman–Crippen LogP) is 9.31. The van der Waals surface area contributed by atoms with E-state index in [1.54, 1.807) is 23.6 Å². The quantitative estimate of drug-likeness (QED) is 0.109. The monoisotopic (exact) mass is 886 g/mol. The zero-order valence-electron chi connectivity index (χ0n) is 26.7. The molecule has 6 nitrogen and oxygen atoms in total. The minimum Gasteiger partial charge on any atom is -0.487 e. The van der Waals surface area contributed by atoms with Gasteiger partial charge in [-0.3, -0.25) is 9.36 Å². The molecule has 0 saturated carbocycles. The lowest BCUT2D eigenvalue weighted by molar-refractivity contribution is -0.138. The first-order chi connectivity index (χ1) is 23.5. The average Bonchev–Trinajstić information content (AvgIpc) is 3.38. The van der Waals surface area contributed by atoms with Gasteiger partial charge in [-0.2, -0.15) is 0 Å². The van der Waals surface area contributed by atoms with Gasteiger partial charge in [0.25, 0.3) is 5.56 Å². The van der Waals surface area contributed by atoms with Gasteiger partial charge < -0.3 is 9.47 Å². The van der Waals surface area contributed by atoms with Crippen LogP contribution in [0.15, 0.2) is 105 Å². The number of carbonyl (C=O) groups is 1. The lowest BCUT2D eigenvalue weighted by Crippen LogP contribution is -2.40. The highest BCUT2D eigenvalue weighted by molar-refractivity contribution is 14.1. The molecule has 1 atom stereocenters. The number of ether oxygens (including phenoxy) is 2. The fourth-order valence-corrected chi connectivity index (χ4v) is 8.75. The normalized spacial score (nSPS) is 14.5. The maximum atomic E-state index is 14.5. The van der Waals surface area contributed by atoms with Crippen molar-refractivity contribution in [3.8, 4) is 5.75 Å². The van der Waals surface area contributed by atoms with Gasteiger partial charge in [0.1, 0.15) is 12.4 Å².